The van der Waals surface area contributed by atoms with Crippen molar-refractivity contribution >= 4 is 11.6 Å². The minimum atomic E-state index is -0.456. The fourth-order valence-electron chi connectivity index (χ4n) is 1.79. The second kappa shape index (κ2) is 5.81. The lowest BCUT2D eigenvalue weighted by molar-refractivity contribution is -0.0974. The van der Waals surface area contributed by atoms with Gasteiger partial charge >= 0.3 is 0 Å². The summed E-state index contributed by atoms with van der Waals surface area (Å²) in [6.07, 6.45) is 1.26. The second-order valence-corrected chi connectivity index (χ2v) is 4.13. The molecule has 19 heavy (non-hydrogen) atoms. The van der Waals surface area contributed by atoms with Crippen LogP contribution in [0, 0.1) is 6.92 Å². The second-order valence-electron chi connectivity index (χ2n) is 4.13. The minimum absolute atomic E-state index is 0.248. The Balaban J connectivity index is 2.11. The molecule has 102 valence electrons. The van der Waals surface area contributed by atoms with Crippen LogP contribution < -0.4 is 5.32 Å². The SMILES string of the molecule is COC(CNC(=O)c1cn2c(C)cccc2n1)OC. The van der Waals surface area contributed by atoms with Crippen molar-refractivity contribution in [3.63, 3.8) is 0 Å². The number of fused-ring (bicyclic) bond motifs is 1. The first kappa shape index (κ1) is 13.5. The van der Waals surface area contributed by atoms with Crippen molar-refractivity contribution in [2.24, 2.45) is 0 Å². The zero-order valence-electron chi connectivity index (χ0n) is 11.2. The molecule has 6 heteroatoms. The van der Waals surface area contributed by atoms with E-state index < -0.39 is 6.29 Å². The predicted molar refractivity (Wildman–Crippen MR) is 70.1 cm³/mol. The van der Waals surface area contributed by atoms with Crippen LogP contribution in [0.15, 0.2) is 24.4 Å². The molecule has 2 heterocycles. The van der Waals surface area contributed by atoms with Crippen LogP contribution >= 0.6 is 0 Å². The summed E-state index contributed by atoms with van der Waals surface area (Å²) in [5.74, 6) is -0.248. The topological polar surface area (TPSA) is 64.9 Å². The molecule has 2 rings (SSSR count). The van der Waals surface area contributed by atoms with Crippen LogP contribution in [-0.2, 0) is 9.47 Å². The molecule has 0 saturated heterocycles. The third-order valence-electron chi connectivity index (χ3n) is 2.88. The average Bonchev–Trinajstić information content (AvgIpc) is 2.85. The molecule has 1 amide bonds. The zero-order chi connectivity index (χ0) is 13.8. The lowest BCUT2D eigenvalue weighted by Crippen LogP contribution is -2.34. The Morgan fingerprint density at radius 3 is 2.79 bits per heavy atom. The molecule has 0 aromatic carbocycles. The maximum absolute atomic E-state index is 12.0. The highest BCUT2D eigenvalue weighted by atomic mass is 16.7. The zero-order valence-corrected chi connectivity index (χ0v) is 11.2. The Hall–Kier alpha value is -1.92. The first-order valence-electron chi connectivity index (χ1n) is 5.94. The van der Waals surface area contributed by atoms with Crippen molar-refractivity contribution in [3.8, 4) is 0 Å². The summed E-state index contributed by atoms with van der Waals surface area (Å²) in [5, 5.41) is 2.72. The summed E-state index contributed by atoms with van der Waals surface area (Å²) in [7, 11) is 3.04. The van der Waals surface area contributed by atoms with Gasteiger partial charge in [-0.25, -0.2) is 4.98 Å². The quantitative estimate of drug-likeness (QED) is 0.817. The maximum Gasteiger partial charge on any atom is 0.271 e. The van der Waals surface area contributed by atoms with Gasteiger partial charge in [0.15, 0.2) is 6.29 Å². The van der Waals surface area contributed by atoms with Gasteiger partial charge < -0.3 is 19.2 Å². The number of carbonyl (C=O) groups is 1. The summed E-state index contributed by atoms with van der Waals surface area (Å²) < 4.78 is 11.9. The Labute approximate surface area is 111 Å². The van der Waals surface area contributed by atoms with Crippen molar-refractivity contribution in [2.45, 2.75) is 13.2 Å². The first-order chi connectivity index (χ1) is 9.15. The molecule has 0 aliphatic rings. The Morgan fingerprint density at radius 2 is 2.16 bits per heavy atom. The van der Waals surface area contributed by atoms with Crippen molar-refractivity contribution in [1.29, 1.82) is 0 Å². The summed E-state index contributed by atoms with van der Waals surface area (Å²) in [6.45, 7) is 2.24. The summed E-state index contributed by atoms with van der Waals surface area (Å²) in [6, 6.07) is 5.73. The summed E-state index contributed by atoms with van der Waals surface area (Å²) >= 11 is 0. The number of nitrogens with one attached hydrogen (secondary N) is 1. The molecule has 0 fully saturated rings. The van der Waals surface area contributed by atoms with Gasteiger partial charge in [0.2, 0.25) is 0 Å². The van der Waals surface area contributed by atoms with Crippen molar-refractivity contribution in [1.82, 2.24) is 14.7 Å². The normalized spacial score (nSPS) is 11.2. The number of methoxy groups -OCH3 is 2. The fraction of sp³-hybridized carbons (Fsp3) is 0.385. The van der Waals surface area contributed by atoms with Crippen molar-refractivity contribution in [3.05, 3.63) is 35.8 Å². The number of aryl methyl sites for hydroxylation is 1. The first-order valence-corrected chi connectivity index (χ1v) is 5.94. The van der Waals surface area contributed by atoms with Gasteiger partial charge in [0.25, 0.3) is 5.91 Å². The number of pyridine rings is 1. The smallest absolute Gasteiger partial charge is 0.271 e. The molecule has 0 aliphatic heterocycles. The van der Waals surface area contributed by atoms with E-state index in [1.807, 2.05) is 29.5 Å². The number of hydrogen-bond acceptors (Lipinski definition) is 4. The van der Waals surface area contributed by atoms with E-state index in [4.69, 9.17) is 9.47 Å². The Kier molecular flexibility index (Phi) is 4.13. The highest BCUT2D eigenvalue weighted by molar-refractivity contribution is 5.92. The molecule has 0 radical (unpaired) electrons. The Bertz CT molecular complexity index is 576. The van der Waals surface area contributed by atoms with Crippen LogP contribution in [0.1, 0.15) is 16.2 Å². The van der Waals surface area contributed by atoms with Gasteiger partial charge in [0, 0.05) is 26.1 Å². The largest absolute Gasteiger partial charge is 0.354 e. The van der Waals surface area contributed by atoms with Gasteiger partial charge in [-0.3, -0.25) is 4.79 Å². The number of nitrogens with zero attached hydrogens (tertiary/aromatic N) is 2. The molecule has 0 saturated carbocycles. The highest BCUT2D eigenvalue weighted by Crippen LogP contribution is 2.08. The van der Waals surface area contributed by atoms with E-state index in [-0.39, 0.29) is 12.5 Å². The predicted octanol–water partition coefficient (Wildman–Crippen LogP) is 0.991. The van der Waals surface area contributed by atoms with E-state index >= 15 is 0 Å². The molecule has 0 unspecified atom stereocenters. The number of aromatic nitrogens is 2. The number of hydrogen-bond donors (Lipinski definition) is 1. The number of amides is 1. The molecule has 2 aromatic heterocycles. The van der Waals surface area contributed by atoms with Gasteiger partial charge in [-0.05, 0) is 19.1 Å². The molecule has 0 atom stereocenters. The molecular weight excluding hydrogens is 246 g/mol. The number of rotatable bonds is 5. The lowest BCUT2D eigenvalue weighted by Gasteiger charge is -2.13. The van der Waals surface area contributed by atoms with Gasteiger partial charge in [-0.1, -0.05) is 6.07 Å². The monoisotopic (exact) mass is 263 g/mol. The van der Waals surface area contributed by atoms with E-state index in [9.17, 15) is 4.79 Å². The molecule has 1 N–H and O–H groups in total. The van der Waals surface area contributed by atoms with Crippen LogP contribution in [0.3, 0.4) is 0 Å². The van der Waals surface area contributed by atoms with E-state index in [0.29, 0.717) is 5.69 Å². The van der Waals surface area contributed by atoms with Crippen LogP contribution in [0.25, 0.3) is 5.65 Å². The van der Waals surface area contributed by atoms with Crippen LogP contribution in [0.5, 0.6) is 0 Å². The fourth-order valence-corrected chi connectivity index (χ4v) is 1.79. The van der Waals surface area contributed by atoms with E-state index in [2.05, 4.69) is 10.3 Å². The third-order valence-corrected chi connectivity index (χ3v) is 2.88. The van der Waals surface area contributed by atoms with E-state index in [1.54, 1.807) is 6.20 Å². The molecule has 6 nitrogen and oxygen atoms in total. The molecule has 0 bridgehead atoms. The lowest BCUT2D eigenvalue weighted by atomic mass is 10.4. The van der Waals surface area contributed by atoms with E-state index in [1.165, 1.54) is 14.2 Å². The van der Waals surface area contributed by atoms with Crippen LogP contribution in [0.4, 0.5) is 0 Å². The molecule has 2 aromatic rings. The number of imidazole rings is 1. The van der Waals surface area contributed by atoms with Crippen LogP contribution in [0.2, 0.25) is 0 Å². The molecular formula is C13H17N3O3. The van der Waals surface area contributed by atoms with Crippen LogP contribution in [-0.4, -0.2) is 42.3 Å². The molecule has 0 aliphatic carbocycles. The summed E-state index contributed by atoms with van der Waals surface area (Å²) in [5.41, 5.74) is 2.15. The third kappa shape index (κ3) is 2.91. The number of carbonyl (C=O) groups excluding carboxylic acids is 1. The standard InChI is InChI=1S/C13H17N3O3/c1-9-5-4-6-11-15-10(8-16(9)11)13(17)14-7-12(18-2)19-3/h4-6,8,12H,7H2,1-3H3,(H,14,17). The summed E-state index contributed by atoms with van der Waals surface area (Å²) in [4.78, 5) is 16.2. The average molecular weight is 263 g/mol. The Morgan fingerprint density at radius 1 is 1.42 bits per heavy atom. The van der Waals surface area contributed by atoms with Crippen molar-refractivity contribution < 1.29 is 14.3 Å². The van der Waals surface area contributed by atoms with Gasteiger partial charge in [0.05, 0.1) is 6.54 Å². The van der Waals surface area contributed by atoms with Gasteiger partial charge in [-0.2, -0.15) is 0 Å². The highest BCUT2D eigenvalue weighted by Gasteiger charge is 2.13. The molecule has 0 spiro atoms. The van der Waals surface area contributed by atoms with Crippen molar-refractivity contribution in [2.75, 3.05) is 20.8 Å². The number of ether oxygens (including phenoxy) is 2. The minimum Gasteiger partial charge on any atom is -0.354 e. The van der Waals surface area contributed by atoms with Gasteiger partial charge in [-0.15, -0.1) is 0 Å². The maximum atomic E-state index is 12.0. The van der Waals surface area contributed by atoms with E-state index in [0.717, 1.165) is 11.3 Å². The van der Waals surface area contributed by atoms with Gasteiger partial charge in [0.1, 0.15) is 11.3 Å².